The second-order valence-electron chi connectivity index (χ2n) is 4.42. The molecule has 0 rings (SSSR count). The van der Waals surface area contributed by atoms with Crippen molar-refractivity contribution in [2.75, 3.05) is 0 Å². The van der Waals surface area contributed by atoms with Crippen LogP contribution in [-0.2, 0) is 0 Å². The first kappa shape index (κ1) is 14.5. The monoisotopic (exact) mass is 221 g/mol. The highest BCUT2D eigenvalue weighted by Gasteiger charge is 1.91. The van der Waals surface area contributed by atoms with E-state index in [-0.39, 0.29) is 0 Å². The van der Waals surface area contributed by atoms with Crippen LogP contribution < -0.4 is 10.6 Å². The molecule has 2 N–H and O–H groups in total. The van der Waals surface area contributed by atoms with E-state index in [9.17, 15) is 0 Å². The zero-order valence-electron chi connectivity index (χ0n) is 11.2. The fraction of sp³-hybridized carbons (Fsp3) is 0.462. The summed E-state index contributed by atoms with van der Waals surface area (Å²) in [6.07, 6.45) is 5.67. The molecule has 0 saturated carbocycles. The van der Waals surface area contributed by atoms with Crippen molar-refractivity contribution in [2.24, 2.45) is 4.99 Å². The summed E-state index contributed by atoms with van der Waals surface area (Å²) in [4.78, 5) is 4.31. The molecular formula is C13H23N3. The van der Waals surface area contributed by atoms with Crippen molar-refractivity contribution in [3.8, 4) is 0 Å². The summed E-state index contributed by atoms with van der Waals surface area (Å²) >= 11 is 0. The Bertz CT molecular complexity index is 299. The predicted octanol–water partition coefficient (Wildman–Crippen LogP) is 3.29. The summed E-state index contributed by atoms with van der Waals surface area (Å²) in [5, 5.41) is 6.24. The van der Waals surface area contributed by atoms with Crippen LogP contribution in [0.25, 0.3) is 0 Å². The third kappa shape index (κ3) is 9.06. The van der Waals surface area contributed by atoms with Gasteiger partial charge in [0.05, 0.1) is 0 Å². The molecule has 0 aliphatic heterocycles. The Hall–Kier alpha value is -1.51. The fourth-order valence-electron chi connectivity index (χ4n) is 0.735. The minimum absolute atomic E-state index is 0.726. The minimum atomic E-state index is 0.726. The van der Waals surface area contributed by atoms with Crippen molar-refractivity contribution in [2.45, 2.75) is 41.5 Å². The van der Waals surface area contributed by atoms with Crippen molar-refractivity contribution in [3.05, 3.63) is 35.3 Å². The SMILES string of the molecule is CC(C)=CN=C(NC=C(C)C)NC=C(C)C. The van der Waals surface area contributed by atoms with Crippen LogP contribution in [0, 0.1) is 0 Å². The number of rotatable bonds is 3. The van der Waals surface area contributed by atoms with Crippen LogP contribution in [0.5, 0.6) is 0 Å². The largest absolute Gasteiger partial charge is 0.332 e. The van der Waals surface area contributed by atoms with Gasteiger partial charge in [0.1, 0.15) is 0 Å². The van der Waals surface area contributed by atoms with E-state index in [1.165, 1.54) is 11.1 Å². The number of aliphatic imine (C=N–C) groups is 1. The summed E-state index contributed by atoms with van der Waals surface area (Å²) in [5.41, 5.74) is 3.56. The van der Waals surface area contributed by atoms with E-state index in [1.54, 1.807) is 0 Å². The Morgan fingerprint density at radius 3 is 1.50 bits per heavy atom. The number of hydrogen-bond acceptors (Lipinski definition) is 1. The molecule has 0 aromatic heterocycles. The topological polar surface area (TPSA) is 36.4 Å². The highest BCUT2D eigenvalue weighted by Crippen LogP contribution is 1.91. The van der Waals surface area contributed by atoms with Crippen LogP contribution in [0.1, 0.15) is 41.5 Å². The van der Waals surface area contributed by atoms with Crippen molar-refractivity contribution < 1.29 is 0 Å². The van der Waals surface area contributed by atoms with E-state index in [0.717, 1.165) is 11.5 Å². The quantitative estimate of drug-likeness (QED) is 0.566. The third-order valence-electron chi connectivity index (χ3n) is 1.45. The van der Waals surface area contributed by atoms with E-state index >= 15 is 0 Å². The lowest BCUT2D eigenvalue weighted by Crippen LogP contribution is -2.30. The summed E-state index contributed by atoms with van der Waals surface area (Å²) in [6, 6.07) is 0. The number of nitrogens with zero attached hydrogens (tertiary/aromatic N) is 1. The van der Waals surface area contributed by atoms with Crippen molar-refractivity contribution in [1.82, 2.24) is 10.6 Å². The van der Waals surface area contributed by atoms with Gasteiger partial charge < -0.3 is 10.6 Å². The lowest BCUT2D eigenvalue weighted by molar-refractivity contribution is 1.07. The molecule has 0 bridgehead atoms. The molecule has 0 spiro atoms. The minimum Gasteiger partial charge on any atom is -0.332 e. The Labute approximate surface area is 99.0 Å². The zero-order valence-corrected chi connectivity index (χ0v) is 11.2. The Balaban J connectivity index is 4.64. The second-order valence-corrected chi connectivity index (χ2v) is 4.42. The van der Waals surface area contributed by atoms with E-state index in [4.69, 9.17) is 0 Å². The third-order valence-corrected chi connectivity index (χ3v) is 1.45. The molecule has 0 fully saturated rings. The molecule has 0 aliphatic carbocycles. The average molecular weight is 221 g/mol. The summed E-state index contributed by atoms with van der Waals surface area (Å²) in [5.74, 6) is 0.726. The van der Waals surface area contributed by atoms with Crippen molar-refractivity contribution >= 4 is 5.96 Å². The van der Waals surface area contributed by atoms with Gasteiger partial charge >= 0.3 is 0 Å². The highest BCUT2D eigenvalue weighted by atomic mass is 15.1. The van der Waals surface area contributed by atoms with Gasteiger partial charge in [-0.25, -0.2) is 4.99 Å². The zero-order chi connectivity index (χ0) is 12.6. The molecule has 0 aromatic carbocycles. The molecule has 0 aliphatic rings. The molecule has 0 heterocycles. The van der Waals surface area contributed by atoms with E-state index < -0.39 is 0 Å². The first-order valence-electron chi connectivity index (χ1n) is 5.43. The van der Waals surface area contributed by atoms with Gasteiger partial charge in [-0.2, -0.15) is 0 Å². The first-order chi connectivity index (χ1) is 7.41. The summed E-state index contributed by atoms with van der Waals surface area (Å²) < 4.78 is 0. The van der Waals surface area contributed by atoms with Crippen LogP contribution in [0.15, 0.2) is 40.3 Å². The Morgan fingerprint density at radius 1 is 0.750 bits per heavy atom. The molecule has 0 atom stereocenters. The Morgan fingerprint density at radius 2 is 1.19 bits per heavy atom. The molecule has 90 valence electrons. The first-order valence-corrected chi connectivity index (χ1v) is 5.43. The van der Waals surface area contributed by atoms with Crippen molar-refractivity contribution in [1.29, 1.82) is 0 Å². The molecule has 0 unspecified atom stereocenters. The van der Waals surface area contributed by atoms with Gasteiger partial charge in [-0.15, -0.1) is 0 Å². The maximum Gasteiger partial charge on any atom is 0.204 e. The van der Waals surface area contributed by atoms with Gasteiger partial charge in [0.2, 0.25) is 5.96 Å². The predicted molar refractivity (Wildman–Crippen MR) is 72.0 cm³/mol. The lowest BCUT2D eigenvalue weighted by Gasteiger charge is -2.06. The highest BCUT2D eigenvalue weighted by molar-refractivity contribution is 5.82. The number of hydrogen-bond donors (Lipinski definition) is 2. The van der Waals surface area contributed by atoms with E-state index in [2.05, 4.69) is 15.6 Å². The smallest absolute Gasteiger partial charge is 0.204 e. The van der Waals surface area contributed by atoms with Gasteiger partial charge in [0, 0.05) is 18.6 Å². The van der Waals surface area contributed by atoms with Crippen molar-refractivity contribution in [3.63, 3.8) is 0 Å². The van der Waals surface area contributed by atoms with Gasteiger partial charge in [-0.05, 0) is 41.5 Å². The number of nitrogens with one attached hydrogen (secondary N) is 2. The molecular weight excluding hydrogens is 198 g/mol. The molecule has 0 amide bonds. The van der Waals surface area contributed by atoms with Crippen LogP contribution in [0.4, 0.5) is 0 Å². The molecule has 16 heavy (non-hydrogen) atoms. The lowest BCUT2D eigenvalue weighted by atomic mass is 10.4. The maximum atomic E-state index is 4.31. The number of allylic oxidation sites excluding steroid dienone is 3. The van der Waals surface area contributed by atoms with Crippen LogP contribution >= 0.6 is 0 Å². The summed E-state index contributed by atoms with van der Waals surface area (Å²) in [6.45, 7) is 12.2. The molecule has 3 nitrogen and oxygen atoms in total. The fourth-order valence-corrected chi connectivity index (χ4v) is 0.735. The Kier molecular flexibility index (Phi) is 7.01. The van der Waals surface area contributed by atoms with Gasteiger partial charge in [0.25, 0.3) is 0 Å². The van der Waals surface area contributed by atoms with Crippen LogP contribution in [0.2, 0.25) is 0 Å². The second kappa shape index (κ2) is 7.74. The average Bonchev–Trinajstić information content (AvgIpc) is 2.15. The normalized spacial score (nSPS) is 8.62. The van der Waals surface area contributed by atoms with E-state index in [0.29, 0.717) is 0 Å². The summed E-state index contributed by atoms with van der Waals surface area (Å²) in [7, 11) is 0. The van der Waals surface area contributed by atoms with Crippen LogP contribution in [0.3, 0.4) is 0 Å². The molecule has 0 aromatic rings. The standard InChI is InChI=1S/C13H23N3/c1-10(2)7-14-13(15-8-11(3)4)16-9-12(5)6/h7-9H,1-6H3,(H2,14,15,16). The molecule has 0 radical (unpaired) electrons. The molecule has 0 saturated heterocycles. The number of guanidine groups is 1. The van der Waals surface area contributed by atoms with Crippen LogP contribution in [-0.4, -0.2) is 5.96 Å². The molecule has 3 heteroatoms. The van der Waals surface area contributed by atoms with Gasteiger partial charge in [0.15, 0.2) is 0 Å². The van der Waals surface area contributed by atoms with Gasteiger partial charge in [-0.3, -0.25) is 0 Å². The van der Waals surface area contributed by atoms with Gasteiger partial charge in [-0.1, -0.05) is 16.7 Å². The van der Waals surface area contributed by atoms with E-state index in [1.807, 2.05) is 60.1 Å². The maximum absolute atomic E-state index is 4.31.